The lowest BCUT2D eigenvalue weighted by molar-refractivity contribution is 0.333. The van der Waals surface area contributed by atoms with Gasteiger partial charge in [0.05, 0.1) is 0 Å². The van der Waals surface area contributed by atoms with Gasteiger partial charge in [-0.3, -0.25) is 0 Å². The van der Waals surface area contributed by atoms with E-state index in [1.54, 1.807) is 6.07 Å². The van der Waals surface area contributed by atoms with E-state index in [0.29, 0.717) is 10.9 Å². The fourth-order valence-corrected chi connectivity index (χ4v) is 5.61. The Balaban J connectivity index is 1.38. The molecule has 0 amide bonds. The molecule has 6 heteroatoms. The van der Waals surface area contributed by atoms with Gasteiger partial charge < -0.3 is 14.5 Å². The molecule has 2 aliphatic heterocycles. The van der Waals surface area contributed by atoms with E-state index >= 15 is 0 Å². The number of aromatic amines is 1. The molecule has 1 aromatic heterocycles. The van der Waals surface area contributed by atoms with Crippen LogP contribution in [0.25, 0.3) is 0 Å². The molecule has 5 rings (SSSR count). The van der Waals surface area contributed by atoms with Gasteiger partial charge in [-0.1, -0.05) is 11.6 Å². The van der Waals surface area contributed by atoms with Crippen molar-refractivity contribution in [3.63, 3.8) is 0 Å². The highest BCUT2D eigenvalue weighted by Crippen LogP contribution is 2.66. The molecule has 2 aromatic rings. The zero-order valence-electron chi connectivity index (χ0n) is 14.7. The van der Waals surface area contributed by atoms with E-state index in [1.807, 2.05) is 6.07 Å². The topological polar surface area (TPSA) is 24.0 Å². The fraction of sp³-hybridized carbons (Fsp3) is 0.550. The number of hydrogen-bond acceptors (Lipinski definition) is 2. The van der Waals surface area contributed by atoms with Crippen molar-refractivity contribution in [2.75, 3.05) is 19.6 Å². The number of halogens is 2. The molecule has 2 fully saturated rings. The Labute approximate surface area is 163 Å². The number of benzene rings is 1. The molecule has 1 aliphatic carbocycles. The maximum absolute atomic E-state index is 14.5. The van der Waals surface area contributed by atoms with Crippen LogP contribution in [0.5, 0.6) is 0 Å². The summed E-state index contributed by atoms with van der Waals surface area (Å²) in [4.78, 5) is 5.98. The van der Waals surface area contributed by atoms with Gasteiger partial charge in [0.15, 0.2) is 4.77 Å². The van der Waals surface area contributed by atoms with Crippen LogP contribution in [0.1, 0.15) is 48.6 Å². The van der Waals surface area contributed by atoms with Crippen molar-refractivity contribution < 1.29 is 4.39 Å². The van der Waals surface area contributed by atoms with Crippen molar-refractivity contribution in [3.05, 3.63) is 50.8 Å². The zero-order valence-corrected chi connectivity index (χ0v) is 16.3. The average Bonchev–Trinajstić information content (AvgIpc) is 2.96. The first kappa shape index (κ1) is 17.0. The Hall–Kier alpha value is -1.17. The first-order valence-corrected chi connectivity index (χ1v) is 10.4. The van der Waals surface area contributed by atoms with Crippen LogP contribution < -0.4 is 0 Å². The maximum Gasteiger partial charge on any atom is 0.177 e. The van der Waals surface area contributed by atoms with Gasteiger partial charge in [-0.15, -0.1) is 0 Å². The molecule has 1 N–H and O–H groups in total. The normalized spacial score (nSPS) is 26.9. The third-order valence-corrected chi connectivity index (χ3v) is 7.07. The van der Waals surface area contributed by atoms with Gasteiger partial charge in [0.25, 0.3) is 0 Å². The lowest BCUT2D eigenvalue weighted by Crippen LogP contribution is -2.20. The molecule has 1 saturated heterocycles. The number of fused-ring (bicyclic) bond motifs is 3. The smallest absolute Gasteiger partial charge is 0.177 e. The van der Waals surface area contributed by atoms with Crippen molar-refractivity contribution in [1.82, 2.24) is 14.5 Å². The van der Waals surface area contributed by atoms with Gasteiger partial charge in [0.2, 0.25) is 0 Å². The second-order valence-corrected chi connectivity index (χ2v) is 8.89. The van der Waals surface area contributed by atoms with Crippen LogP contribution in [0.3, 0.4) is 0 Å². The quantitative estimate of drug-likeness (QED) is 0.740. The molecule has 26 heavy (non-hydrogen) atoms. The van der Waals surface area contributed by atoms with Crippen molar-refractivity contribution in [3.8, 4) is 0 Å². The Morgan fingerprint density at radius 2 is 2.12 bits per heavy atom. The van der Waals surface area contributed by atoms with E-state index in [-0.39, 0.29) is 11.2 Å². The molecule has 0 bridgehead atoms. The summed E-state index contributed by atoms with van der Waals surface area (Å²) in [6.45, 7) is 4.41. The van der Waals surface area contributed by atoms with E-state index < -0.39 is 0 Å². The monoisotopic (exact) mass is 391 g/mol. The van der Waals surface area contributed by atoms with Crippen molar-refractivity contribution in [1.29, 1.82) is 0 Å². The fourth-order valence-electron chi connectivity index (χ4n) is 5.15. The van der Waals surface area contributed by atoms with E-state index in [4.69, 9.17) is 23.8 Å². The van der Waals surface area contributed by atoms with Gasteiger partial charge >= 0.3 is 0 Å². The lowest BCUT2D eigenvalue weighted by atomic mass is 9.93. The molecule has 3 nitrogen and oxygen atoms in total. The molecule has 0 radical (unpaired) electrons. The first-order valence-electron chi connectivity index (χ1n) is 9.58. The maximum atomic E-state index is 14.5. The second-order valence-electron chi connectivity index (χ2n) is 8.07. The van der Waals surface area contributed by atoms with Crippen LogP contribution >= 0.6 is 23.8 Å². The Morgan fingerprint density at radius 3 is 2.92 bits per heavy atom. The van der Waals surface area contributed by atoms with Gasteiger partial charge in [-0.05, 0) is 87.7 Å². The highest BCUT2D eigenvalue weighted by Gasteiger charge is 2.63. The second kappa shape index (κ2) is 6.18. The van der Waals surface area contributed by atoms with E-state index in [1.165, 1.54) is 43.4 Å². The zero-order chi connectivity index (χ0) is 17.9. The predicted octanol–water partition coefficient (Wildman–Crippen LogP) is 4.81. The number of likely N-dealkylation sites (tertiary alicyclic amines) is 1. The Morgan fingerprint density at radius 1 is 1.31 bits per heavy atom. The Bertz CT molecular complexity index is 914. The molecular formula is C20H23ClFN3S. The summed E-state index contributed by atoms with van der Waals surface area (Å²) in [5.41, 5.74) is 3.20. The molecule has 1 unspecified atom stereocenters. The third-order valence-electron chi connectivity index (χ3n) is 6.51. The van der Waals surface area contributed by atoms with Gasteiger partial charge in [-0.2, -0.15) is 0 Å². The first-order chi connectivity index (χ1) is 12.6. The summed E-state index contributed by atoms with van der Waals surface area (Å²) < 4.78 is 17.5. The molecule has 3 heterocycles. The summed E-state index contributed by atoms with van der Waals surface area (Å²) in [5.74, 6) is 0.221. The van der Waals surface area contributed by atoms with Gasteiger partial charge in [-0.25, -0.2) is 4.39 Å². The van der Waals surface area contributed by atoms with Crippen molar-refractivity contribution in [2.24, 2.45) is 0 Å². The highest BCUT2D eigenvalue weighted by atomic mass is 35.5. The number of imidazole rings is 1. The van der Waals surface area contributed by atoms with E-state index in [0.717, 1.165) is 42.7 Å². The molecule has 138 valence electrons. The number of H-pyrrole nitrogens is 1. The largest absolute Gasteiger partial charge is 0.334 e. The molecule has 1 aromatic carbocycles. The van der Waals surface area contributed by atoms with Crippen LogP contribution in [0.15, 0.2) is 18.2 Å². The standard InChI is InChI=1S/C20H23ClFN3S/c21-13-5-6-16(22)14(10-13)20-11-15(20)18-17(23-19(26)25(18)12-20)4-3-9-24-7-1-2-8-24/h5-6,10,15H,1-4,7-9,11-12H2,(H,23,26)/t15?,20-/m1/s1. The van der Waals surface area contributed by atoms with E-state index in [2.05, 4.69) is 14.5 Å². The molecule has 0 spiro atoms. The number of nitrogens with one attached hydrogen (secondary N) is 1. The number of aromatic nitrogens is 2. The van der Waals surface area contributed by atoms with Crippen LogP contribution in [-0.4, -0.2) is 34.1 Å². The molecular weight excluding hydrogens is 369 g/mol. The van der Waals surface area contributed by atoms with Crippen LogP contribution in [0.4, 0.5) is 4.39 Å². The van der Waals surface area contributed by atoms with Crippen LogP contribution in [0, 0.1) is 10.6 Å². The SMILES string of the molecule is Fc1ccc(Cl)cc1[C@]12CC1c1c(CCCN3CCCC3)[nH]c(=S)n1C2. The van der Waals surface area contributed by atoms with Crippen LogP contribution in [-0.2, 0) is 18.4 Å². The summed E-state index contributed by atoms with van der Waals surface area (Å²) in [6.07, 6.45) is 5.83. The van der Waals surface area contributed by atoms with Gasteiger partial charge in [0, 0.05) is 34.3 Å². The molecule has 3 aliphatic rings. The lowest BCUT2D eigenvalue weighted by Gasteiger charge is -2.14. The summed E-state index contributed by atoms with van der Waals surface area (Å²) in [6, 6.07) is 4.93. The number of hydrogen-bond donors (Lipinski definition) is 1. The average molecular weight is 392 g/mol. The minimum Gasteiger partial charge on any atom is -0.334 e. The van der Waals surface area contributed by atoms with Gasteiger partial charge in [0.1, 0.15) is 5.82 Å². The third kappa shape index (κ3) is 2.59. The summed E-state index contributed by atoms with van der Waals surface area (Å²) >= 11 is 11.7. The number of rotatable bonds is 5. The molecule has 2 atom stereocenters. The molecule has 1 saturated carbocycles. The number of nitrogens with zero attached hydrogens (tertiary/aromatic N) is 2. The minimum atomic E-state index is -0.145. The predicted molar refractivity (Wildman–Crippen MR) is 104 cm³/mol. The highest BCUT2D eigenvalue weighted by molar-refractivity contribution is 7.71. The van der Waals surface area contributed by atoms with E-state index in [9.17, 15) is 4.39 Å². The summed E-state index contributed by atoms with van der Waals surface area (Å²) in [5, 5.41) is 0.606. The Kier molecular flexibility index (Phi) is 4.03. The van der Waals surface area contributed by atoms with Crippen molar-refractivity contribution in [2.45, 2.75) is 50.0 Å². The van der Waals surface area contributed by atoms with Crippen molar-refractivity contribution >= 4 is 23.8 Å². The van der Waals surface area contributed by atoms with Crippen LogP contribution in [0.2, 0.25) is 5.02 Å². The summed E-state index contributed by atoms with van der Waals surface area (Å²) in [7, 11) is 0. The number of aryl methyl sites for hydroxylation is 1. The minimum absolute atomic E-state index is 0.142.